The molecular formula is C13H13NO5. The highest BCUT2D eigenvalue weighted by Gasteiger charge is 2.05. The smallest absolute Gasteiger partial charge is 0.331 e. The summed E-state index contributed by atoms with van der Waals surface area (Å²) in [5.41, 5.74) is 0.924. The van der Waals surface area contributed by atoms with Gasteiger partial charge in [0.05, 0.1) is 0 Å². The van der Waals surface area contributed by atoms with Crippen molar-refractivity contribution in [1.82, 2.24) is 5.32 Å². The van der Waals surface area contributed by atoms with Gasteiger partial charge in [0.2, 0.25) is 0 Å². The molecule has 100 valence electrons. The molecule has 6 heteroatoms. The summed E-state index contributed by atoms with van der Waals surface area (Å²) >= 11 is 0. The summed E-state index contributed by atoms with van der Waals surface area (Å²) in [5, 5.41) is 10.8. The highest BCUT2D eigenvalue weighted by atomic mass is 16.5. The zero-order valence-corrected chi connectivity index (χ0v) is 10.0. The van der Waals surface area contributed by atoms with Crippen molar-refractivity contribution in [3.63, 3.8) is 0 Å². The maximum absolute atomic E-state index is 11.3. The predicted molar refractivity (Wildman–Crippen MR) is 66.0 cm³/mol. The Bertz CT molecular complexity index is 481. The molecule has 0 aliphatic rings. The molecule has 6 nitrogen and oxygen atoms in total. The number of nitrogens with one attached hydrogen (secondary N) is 1. The number of rotatable bonds is 6. The highest BCUT2D eigenvalue weighted by Crippen LogP contribution is 1.96. The first-order valence-electron chi connectivity index (χ1n) is 5.46. The van der Waals surface area contributed by atoms with Gasteiger partial charge in [-0.15, -0.1) is 0 Å². The first-order valence-corrected chi connectivity index (χ1v) is 5.46. The van der Waals surface area contributed by atoms with Crippen molar-refractivity contribution in [2.75, 3.05) is 6.61 Å². The minimum atomic E-state index is -1.26. The Morgan fingerprint density at radius 2 is 1.84 bits per heavy atom. The van der Waals surface area contributed by atoms with E-state index in [1.807, 2.05) is 30.3 Å². The van der Waals surface area contributed by atoms with Crippen molar-refractivity contribution in [2.45, 2.75) is 6.54 Å². The van der Waals surface area contributed by atoms with E-state index in [4.69, 9.17) is 5.11 Å². The fourth-order valence-corrected chi connectivity index (χ4v) is 1.17. The van der Waals surface area contributed by atoms with Crippen molar-refractivity contribution in [2.24, 2.45) is 0 Å². The lowest BCUT2D eigenvalue weighted by Gasteiger charge is -2.05. The normalized spacial score (nSPS) is 10.1. The van der Waals surface area contributed by atoms with E-state index >= 15 is 0 Å². The predicted octanol–water partition coefficient (Wildman–Crippen LogP) is 0.487. The van der Waals surface area contributed by atoms with Gasteiger partial charge in [0.15, 0.2) is 6.61 Å². The van der Waals surface area contributed by atoms with Gasteiger partial charge in [0.1, 0.15) is 0 Å². The third-order valence-electron chi connectivity index (χ3n) is 2.04. The number of ether oxygens (including phenoxy) is 1. The molecule has 0 aliphatic carbocycles. The van der Waals surface area contributed by atoms with E-state index in [1.165, 1.54) is 0 Å². The number of carboxylic acids is 1. The van der Waals surface area contributed by atoms with Crippen molar-refractivity contribution >= 4 is 17.8 Å². The topological polar surface area (TPSA) is 92.7 Å². The van der Waals surface area contributed by atoms with Crippen LogP contribution in [0.2, 0.25) is 0 Å². The van der Waals surface area contributed by atoms with Gasteiger partial charge in [0.25, 0.3) is 5.91 Å². The summed E-state index contributed by atoms with van der Waals surface area (Å²) < 4.78 is 4.54. The molecule has 0 unspecified atom stereocenters. The summed E-state index contributed by atoms with van der Waals surface area (Å²) in [6.07, 6.45) is 1.39. The van der Waals surface area contributed by atoms with E-state index in [9.17, 15) is 14.4 Å². The second-order valence-corrected chi connectivity index (χ2v) is 3.54. The minimum Gasteiger partial charge on any atom is -0.478 e. The third kappa shape index (κ3) is 6.62. The molecule has 1 aromatic rings. The van der Waals surface area contributed by atoms with Crippen molar-refractivity contribution < 1.29 is 24.2 Å². The lowest BCUT2D eigenvalue weighted by molar-refractivity contribution is -0.144. The van der Waals surface area contributed by atoms with E-state index in [0.29, 0.717) is 12.6 Å². The van der Waals surface area contributed by atoms with Crippen LogP contribution in [0.15, 0.2) is 42.5 Å². The average Bonchev–Trinajstić information content (AvgIpc) is 2.41. The number of benzene rings is 1. The molecule has 0 radical (unpaired) electrons. The number of aliphatic carboxylic acids is 1. The number of carboxylic acid groups (broad SMARTS) is 1. The van der Waals surface area contributed by atoms with Gasteiger partial charge in [-0.3, -0.25) is 4.79 Å². The summed E-state index contributed by atoms with van der Waals surface area (Å²) in [6, 6.07) is 9.25. The van der Waals surface area contributed by atoms with Crippen LogP contribution in [-0.2, 0) is 25.7 Å². The molecule has 0 aromatic heterocycles. The average molecular weight is 263 g/mol. The molecule has 0 bridgehead atoms. The molecule has 0 saturated heterocycles. The first-order chi connectivity index (χ1) is 9.08. The first kappa shape index (κ1) is 14.4. The molecule has 0 fully saturated rings. The molecule has 1 amide bonds. The Morgan fingerprint density at radius 1 is 1.16 bits per heavy atom. The van der Waals surface area contributed by atoms with Gasteiger partial charge in [-0.2, -0.15) is 0 Å². The minimum absolute atomic E-state index is 0.336. The summed E-state index contributed by atoms with van der Waals surface area (Å²) in [5.74, 6) is -2.59. The van der Waals surface area contributed by atoms with Gasteiger partial charge < -0.3 is 15.2 Å². The molecule has 1 aromatic carbocycles. The Labute approximate surface area is 109 Å². The summed E-state index contributed by atoms with van der Waals surface area (Å²) in [4.78, 5) is 32.4. The number of hydrogen-bond acceptors (Lipinski definition) is 4. The van der Waals surface area contributed by atoms with E-state index in [0.717, 1.165) is 11.6 Å². The van der Waals surface area contributed by atoms with E-state index < -0.39 is 24.5 Å². The van der Waals surface area contributed by atoms with Crippen LogP contribution >= 0.6 is 0 Å². The van der Waals surface area contributed by atoms with Crippen LogP contribution in [0.3, 0.4) is 0 Å². The SMILES string of the molecule is O=C(O)/C=C/C(=O)OCC(=O)NCc1ccccc1. The van der Waals surface area contributed by atoms with Gasteiger partial charge in [-0.25, -0.2) is 9.59 Å². The Balaban J connectivity index is 2.25. The van der Waals surface area contributed by atoms with E-state index in [2.05, 4.69) is 10.1 Å². The Morgan fingerprint density at radius 3 is 2.47 bits per heavy atom. The second kappa shape index (κ2) is 7.65. The van der Waals surface area contributed by atoms with Gasteiger partial charge >= 0.3 is 11.9 Å². The Kier molecular flexibility index (Phi) is 5.81. The maximum atomic E-state index is 11.3. The molecule has 0 heterocycles. The van der Waals surface area contributed by atoms with Crippen molar-refractivity contribution in [1.29, 1.82) is 0 Å². The summed E-state index contributed by atoms with van der Waals surface area (Å²) in [7, 11) is 0. The van der Waals surface area contributed by atoms with Crippen LogP contribution in [0.1, 0.15) is 5.56 Å². The molecular weight excluding hydrogens is 250 g/mol. The standard InChI is InChI=1S/C13H13NO5/c15-11(9-19-13(18)7-6-12(16)17)14-8-10-4-2-1-3-5-10/h1-7H,8-9H2,(H,14,15)(H,16,17)/b7-6+. The second-order valence-electron chi connectivity index (χ2n) is 3.54. The fraction of sp³-hybridized carbons (Fsp3) is 0.154. The highest BCUT2D eigenvalue weighted by molar-refractivity contribution is 5.91. The number of carbonyl (C=O) groups excluding carboxylic acids is 2. The van der Waals surface area contributed by atoms with Crippen LogP contribution in [0.25, 0.3) is 0 Å². The van der Waals surface area contributed by atoms with E-state index in [-0.39, 0.29) is 0 Å². The quantitative estimate of drug-likeness (QED) is 0.575. The summed E-state index contributed by atoms with van der Waals surface area (Å²) in [6.45, 7) is -0.113. The number of carbonyl (C=O) groups is 3. The van der Waals surface area contributed by atoms with Crippen LogP contribution in [0.5, 0.6) is 0 Å². The molecule has 0 spiro atoms. The van der Waals surface area contributed by atoms with Crippen LogP contribution in [-0.4, -0.2) is 29.6 Å². The lowest BCUT2D eigenvalue weighted by Crippen LogP contribution is -2.28. The molecule has 1 rings (SSSR count). The van der Waals surface area contributed by atoms with E-state index in [1.54, 1.807) is 0 Å². The van der Waals surface area contributed by atoms with Crippen molar-refractivity contribution in [3.8, 4) is 0 Å². The van der Waals surface area contributed by atoms with Gasteiger partial charge in [-0.05, 0) is 5.56 Å². The fourth-order valence-electron chi connectivity index (χ4n) is 1.17. The number of hydrogen-bond donors (Lipinski definition) is 2. The zero-order valence-electron chi connectivity index (χ0n) is 10.0. The maximum Gasteiger partial charge on any atom is 0.331 e. The Hall–Kier alpha value is -2.63. The zero-order chi connectivity index (χ0) is 14.1. The molecule has 2 N–H and O–H groups in total. The van der Waals surface area contributed by atoms with Gasteiger partial charge in [0, 0.05) is 18.7 Å². The van der Waals surface area contributed by atoms with Crippen LogP contribution in [0.4, 0.5) is 0 Å². The molecule has 0 saturated carbocycles. The number of amides is 1. The van der Waals surface area contributed by atoms with Crippen molar-refractivity contribution in [3.05, 3.63) is 48.0 Å². The molecule has 19 heavy (non-hydrogen) atoms. The molecule has 0 atom stereocenters. The molecule has 0 aliphatic heterocycles. The largest absolute Gasteiger partial charge is 0.478 e. The van der Waals surface area contributed by atoms with Crippen LogP contribution < -0.4 is 5.32 Å². The third-order valence-corrected chi connectivity index (χ3v) is 2.04. The monoisotopic (exact) mass is 263 g/mol. The number of esters is 1. The van der Waals surface area contributed by atoms with Crippen LogP contribution in [0, 0.1) is 0 Å². The lowest BCUT2D eigenvalue weighted by atomic mass is 10.2. The van der Waals surface area contributed by atoms with Gasteiger partial charge in [-0.1, -0.05) is 30.3 Å².